The van der Waals surface area contributed by atoms with Gasteiger partial charge in [-0.1, -0.05) is 30.3 Å². The lowest BCUT2D eigenvalue weighted by Gasteiger charge is -2.32. The number of hydrogen-bond donors (Lipinski definition) is 0. The molecule has 28 heavy (non-hydrogen) atoms. The molecule has 0 saturated carbocycles. The molecule has 144 valence electrons. The van der Waals surface area contributed by atoms with Gasteiger partial charge in [0.2, 0.25) is 0 Å². The largest absolute Gasteiger partial charge is 0.336 e. The highest BCUT2D eigenvalue weighted by Gasteiger charge is 2.25. The first-order chi connectivity index (χ1) is 13.5. The minimum absolute atomic E-state index is 0.0588. The molecule has 3 aromatic rings. The zero-order valence-corrected chi connectivity index (χ0v) is 16.7. The van der Waals surface area contributed by atoms with Gasteiger partial charge in [0, 0.05) is 37.9 Å². The van der Waals surface area contributed by atoms with Crippen molar-refractivity contribution >= 4 is 5.91 Å². The summed E-state index contributed by atoms with van der Waals surface area (Å²) < 4.78 is 1.81. The number of aryl methyl sites for hydroxylation is 2. The van der Waals surface area contributed by atoms with Gasteiger partial charge in [-0.3, -0.25) is 4.79 Å². The Morgan fingerprint density at radius 2 is 1.64 bits per heavy atom. The molecule has 1 aromatic heterocycles. The number of piperazine rings is 1. The summed E-state index contributed by atoms with van der Waals surface area (Å²) in [5, 5.41) is 4.81. The summed E-state index contributed by atoms with van der Waals surface area (Å²) in [5.74, 6) is 0.0588. The van der Waals surface area contributed by atoms with Crippen LogP contribution in [0.5, 0.6) is 0 Å². The number of hydrogen-bond acceptors (Lipinski definition) is 3. The number of amides is 1. The summed E-state index contributed by atoms with van der Waals surface area (Å²) in [6, 6.07) is 16.2. The van der Waals surface area contributed by atoms with Crippen LogP contribution in [-0.4, -0.2) is 58.7 Å². The first kappa shape index (κ1) is 18.4. The van der Waals surface area contributed by atoms with Gasteiger partial charge in [-0.15, -0.1) is 0 Å². The minimum atomic E-state index is 0.0588. The topological polar surface area (TPSA) is 41.4 Å². The molecule has 1 amide bonds. The number of benzene rings is 2. The number of likely N-dealkylation sites (N-methyl/N-ethyl adjacent to an activating group) is 1. The summed E-state index contributed by atoms with van der Waals surface area (Å²) in [6.07, 6.45) is 1.88. The maximum Gasteiger partial charge on any atom is 0.257 e. The summed E-state index contributed by atoms with van der Waals surface area (Å²) >= 11 is 0. The Bertz CT molecular complexity index is 985. The Kier molecular flexibility index (Phi) is 5.01. The SMILES string of the molecule is Cc1ccc(-c2nn(-c3ccccc3)cc2C(=O)N2CCN(C)CC2)cc1C. The van der Waals surface area contributed by atoms with Gasteiger partial charge in [-0.2, -0.15) is 5.10 Å². The van der Waals surface area contributed by atoms with Gasteiger partial charge in [-0.25, -0.2) is 4.68 Å². The second-order valence-electron chi connectivity index (χ2n) is 7.57. The average Bonchev–Trinajstić information content (AvgIpc) is 3.16. The van der Waals surface area contributed by atoms with Gasteiger partial charge in [0.05, 0.1) is 11.3 Å². The molecule has 5 nitrogen and oxygen atoms in total. The zero-order chi connectivity index (χ0) is 19.7. The van der Waals surface area contributed by atoms with E-state index in [9.17, 15) is 4.79 Å². The van der Waals surface area contributed by atoms with E-state index in [0.29, 0.717) is 5.56 Å². The summed E-state index contributed by atoms with van der Waals surface area (Å²) in [6.45, 7) is 7.48. The molecule has 2 heterocycles. The van der Waals surface area contributed by atoms with Crippen molar-refractivity contribution in [1.29, 1.82) is 0 Å². The van der Waals surface area contributed by atoms with Crippen LogP contribution < -0.4 is 0 Å². The molecule has 0 radical (unpaired) electrons. The van der Waals surface area contributed by atoms with Crippen molar-refractivity contribution in [2.75, 3.05) is 33.2 Å². The van der Waals surface area contributed by atoms with Crippen LogP contribution in [0.2, 0.25) is 0 Å². The molecule has 0 spiro atoms. The summed E-state index contributed by atoms with van der Waals surface area (Å²) in [4.78, 5) is 17.5. The molecule has 0 N–H and O–H groups in total. The van der Waals surface area contributed by atoms with Crippen molar-refractivity contribution in [3.63, 3.8) is 0 Å². The van der Waals surface area contributed by atoms with E-state index in [1.807, 2.05) is 46.1 Å². The molecule has 0 bridgehead atoms. The fourth-order valence-electron chi connectivity index (χ4n) is 3.53. The third-order valence-corrected chi connectivity index (χ3v) is 5.54. The number of aromatic nitrogens is 2. The van der Waals surface area contributed by atoms with Crippen LogP contribution in [0.15, 0.2) is 54.7 Å². The number of carbonyl (C=O) groups excluding carboxylic acids is 1. The van der Waals surface area contributed by atoms with Crippen molar-refractivity contribution in [1.82, 2.24) is 19.6 Å². The highest BCUT2D eigenvalue weighted by atomic mass is 16.2. The van der Waals surface area contributed by atoms with Crippen molar-refractivity contribution < 1.29 is 4.79 Å². The van der Waals surface area contributed by atoms with E-state index in [0.717, 1.165) is 43.1 Å². The lowest BCUT2D eigenvalue weighted by Crippen LogP contribution is -2.47. The van der Waals surface area contributed by atoms with Gasteiger partial charge in [-0.05, 0) is 50.2 Å². The van der Waals surface area contributed by atoms with E-state index in [1.54, 1.807) is 0 Å². The van der Waals surface area contributed by atoms with Crippen molar-refractivity contribution in [3.8, 4) is 16.9 Å². The Hall–Kier alpha value is -2.92. The van der Waals surface area contributed by atoms with Gasteiger partial charge in [0.1, 0.15) is 5.69 Å². The fraction of sp³-hybridized carbons (Fsp3) is 0.304. The van der Waals surface area contributed by atoms with E-state index in [-0.39, 0.29) is 5.91 Å². The minimum Gasteiger partial charge on any atom is -0.336 e. The quantitative estimate of drug-likeness (QED) is 0.704. The second-order valence-corrected chi connectivity index (χ2v) is 7.57. The molecule has 1 fully saturated rings. The molecule has 5 heteroatoms. The molecule has 0 atom stereocenters. The molecule has 2 aromatic carbocycles. The van der Waals surface area contributed by atoms with E-state index in [4.69, 9.17) is 5.10 Å². The molecular formula is C23H26N4O. The predicted octanol–water partition coefficient (Wildman–Crippen LogP) is 3.54. The van der Waals surface area contributed by atoms with Crippen LogP contribution >= 0.6 is 0 Å². The molecular weight excluding hydrogens is 348 g/mol. The standard InChI is InChI=1S/C23H26N4O/c1-17-9-10-19(15-18(17)2)22-21(23(28)26-13-11-25(3)12-14-26)16-27(24-22)20-7-5-4-6-8-20/h4-10,15-16H,11-14H2,1-3H3. The smallest absolute Gasteiger partial charge is 0.257 e. The van der Waals surface area contributed by atoms with E-state index < -0.39 is 0 Å². The van der Waals surface area contributed by atoms with Crippen LogP contribution in [0.4, 0.5) is 0 Å². The fourth-order valence-corrected chi connectivity index (χ4v) is 3.53. The summed E-state index contributed by atoms with van der Waals surface area (Å²) in [5.41, 5.74) is 5.77. The number of para-hydroxylation sites is 1. The van der Waals surface area contributed by atoms with Gasteiger partial charge >= 0.3 is 0 Å². The highest BCUT2D eigenvalue weighted by molar-refractivity contribution is 6.00. The second kappa shape index (κ2) is 7.60. The van der Waals surface area contributed by atoms with Crippen molar-refractivity contribution in [3.05, 3.63) is 71.4 Å². The molecule has 0 unspecified atom stereocenters. The van der Waals surface area contributed by atoms with E-state index in [2.05, 4.69) is 44.0 Å². The van der Waals surface area contributed by atoms with E-state index in [1.165, 1.54) is 11.1 Å². The van der Waals surface area contributed by atoms with Crippen molar-refractivity contribution in [2.45, 2.75) is 13.8 Å². The van der Waals surface area contributed by atoms with Crippen LogP contribution in [0, 0.1) is 13.8 Å². The van der Waals surface area contributed by atoms with Crippen LogP contribution in [0.3, 0.4) is 0 Å². The molecule has 4 rings (SSSR count). The lowest BCUT2D eigenvalue weighted by molar-refractivity contribution is 0.0665. The summed E-state index contributed by atoms with van der Waals surface area (Å²) in [7, 11) is 2.09. The Labute approximate surface area is 166 Å². The zero-order valence-electron chi connectivity index (χ0n) is 16.7. The molecule has 1 saturated heterocycles. The Morgan fingerprint density at radius 1 is 0.929 bits per heavy atom. The Balaban J connectivity index is 1.78. The number of carbonyl (C=O) groups is 1. The average molecular weight is 374 g/mol. The maximum absolute atomic E-state index is 13.4. The third-order valence-electron chi connectivity index (χ3n) is 5.54. The highest BCUT2D eigenvalue weighted by Crippen LogP contribution is 2.27. The number of rotatable bonds is 3. The normalized spacial score (nSPS) is 15.0. The van der Waals surface area contributed by atoms with E-state index >= 15 is 0 Å². The predicted molar refractivity (Wildman–Crippen MR) is 112 cm³/mol. The van der Waals surface area contributed by atoms with Crippen LogP contribution in [-0.2, 0) is 0 Å². The monoisotopic (exact) mass is 374 g/mol. The molecule has 1 aliphatic heterocycles. The number of nitrogens with zero attached hydrogens (tertiary/aromatic N) is 4. The first-order valence-corrected chi connectivity index (χ1v) is 9.73. The maximum atomic E-state index is 13.4. The Morgan fingerprint density at radius 3 is 2.32 bits per heavy atom. The van der Waals surface area contributed by atoms with Crippen LogP contribution in [0.25, 0.3) is 16.9 Å². The van der Waals surface area contributed by atoms with Gasteiger partial charge in [0.25, 0.3) is 5.91 Å². The van der Waals surface area contributed by atoms with Gasteiger partial charge in [0.15, 0.2) is 0 Å². The first-order valence-electron chi connectivity index (χ1n) is 9.73. The molecule has 1 aliphatic rings. The van der Waals surface area contributed by atoms with Crippen LogP contribution in [0.1, 0.15) is 21.5 Å². The third kappa shape index (κ3) is 3.58. The lowest BCUT2D eigenvalue weighted by atomic mass is 10.0. The van der Waals surface area contributed by atoms with Gasteiger partial charge < -0.3 is 9.80 Å². The molecule has 0 aliphatic carbocycles. The van der Waals surface area contributed by atoms with Crippen molar-refractivity contribution in [2.24, 2.45) is 0 Å².